The Morgan fingerprint density at radius 2 is 1.12 bits per heavy atom. The minimum absolute atomic E-state index is 0. The van der Waals surface area contributed by atoms with Gasteiger partial charge in [-0.3, -0.25) is 0 Å². The molecule has 0 aliphatic rings. The van der Waals surface area contributed by atoms with Crippen molar-refractivity contribution in [2.75, 3.05) is 0 Å². The van der Waals surface area contributed by atoms with E-state index in [-0.39, 0.29) is 51.9 Å². The molecule has 0 aliphatic carbocycles. The van der Waals surface area contributed by atoms with Crippen LogP contribution in [0.5, 0.6) is 0 Å². The van der Waals surface area contributed by atoms with Crippen LogP contribution in [-0.4, -0.2) is 51.5 Å². The Bertz CT molecular complexity index is 160. The molecule has 0 bridgehead atoms. The predicted octanol–water partition coefficient (Wildman–Crippen LogP) is 3.06. The molecule has 0 amide bonds. The number of carbonyl (C=O) groups is 1. The van der Waals surface area contributed by atoms with Gasteiger partial charge >= 0.3 is 45.5 Å². The summed E-state index contributed by atoms with van der Waals surface area (Å²) in [5.41, 5.74) is 0. The van der Waals surface area contributed by atoms with E-state index in [0.717, 1.165) is 12.8 Å². The van der Waals surface area contributed by atoms with E-state index in [0.29, 0.717) is 0 Å². The van der Waals surface area contributed by atoms with E-state index in [1.165, 1.54) is 57.8 Å². The zero-order valence-corrected chi connectivity index (χ0v) is 15.0. The first-order valence-electron chi connectivity index (χ1n) is 6.97. The van der Waals surface area contributed by atoms with Crippen molar-refractivity contribution in [2.24, 2.45) is 0 Å². The summed E-state index contributed by atoms with van der Waals surface area (Å²) in [7, 11) is 0. The molecule has 0 N–H and O–H groups in total. The summed E-state index contributed by atoms with van der Waals surface area (Å²) in [6.07, 6.45) is 14.0. The number of hydrogen-bond donors (Lipinski definition) is 0. The minimum Gasteiger partial charge on any atom is -0.550 e. The van der Waals surface area contributed by atoms with Crippen molar-refractivity contribution in [3.05, 3.63) is 0 Å². The van der Waals surface area contributed by atoms with Gasteiger partial charge in [-0.05, 0) is 12.8 Å². The molecule has 0 aliphatic heterocycles. The Hall–Kier alpha value is 0.951. The Morgan fingerprint density at radius 3 is 1.47 bits per heavy atom. The molecule has 0 aromatic carbocycles. The van der Waals surface area contributed by atoms with Gasteiger partial charge in [-0.1, -0.05) is 71.1 Å². The topological polar surface area (TPSA) is 40.1 Å². The van der Waals surface area contributed by atoms with Crippen LogP contribution in [-0.2, 0) is 4.79 Å². The molecule has 3 heteroatoms. The monoisotopic (exact) mass is 315 g/mol. The summed E-state index contributed by atoms with van der Waals surface area (Å²) in [4.78, 5) is 10.1. The Labute approximate surface area is 144 Å². The fourth-order valence-corrected chi connectivity index (χ4v) is 1.93. The number of rotatable bonds is 12. The third-order valence-corrected chi connectivity index (χ3v) is 2.98. The zero-order valence-electron chi connectivity index (χ0n) is 11.5. The Balaban J connectivity index is 0. The number of carboxylic acids is 1. The summed E-state index contributed by atoms with van der Waals surface area (Å²) >= 11 is 0. The molecule has 0 aromatic rings. The maximum atomic E-state index is 10.1. The number of carboxylic acid groups (broad SMARTS) is 1. The van der Waals surface area contributed by atoms with E-state index in [1.807, 2.05) is 0 Å². The first-order chi connectivity index (χ1) is 7.77. The van der Waals surface area contributed by atoms with Crippen LogP contribution in [0.25, 0.3) is 0 Å². The van der Waals surface area contributed by atoms with Crippen LogP contribution >= 0.6 is 0 Å². The summed E-state index contributed by atoms with van der Waals surface area (Å²) in [5, 5.41) is 10.1. The molecular formula is C14H27O2Sr+. The van der Waals surface area contributed by atoms with Crippen LogP contribution in [0.4, 0.5) is 0 Å². The summed E-state index contributed by atoms with van der Waals surface area (Å²) in [6, 6.07) is 0. The normalized spacial score (nSPS) is 9.94. The first kappa shape index (κ1) is 20.3. The van der Waals surface area contributed by atoms with Gasteiger partial charge < -0.3 is 9.90 Å². The van der Waals surface area contributed by atoms with Gasteiger partial charge in [0.1, 0.15) is 0 Å². The third-order valence-electron chi connectivity index (χ3n) is 2.98. The van der Waals surface area contributed by atoms with Crippen molar-refractivity contribution in [2.45, 2.75) is 84.0 Å². The van der Waals surface area contributed by atoms with Gasteiger partial charge in [-0.2, -0.15) is 0 Å². The molecule has 0 aromatic heterocycles. The van der Waals surface area contributed by atoms with Crippen LogP contribution < -0.4 is 5.11 Å². The van der Waals surface area contributed by atoms with E-state index in [1.54, 1.807) is 0 Å². The van der Waals surface area contributed by atoms with Crippen LogP contribution in [0.2, 0.25) is 0 Å². The second-order valence-electron chi connectivity index (χ2n) is 4.66. The van der Waals surface area contributed by atoms with Crippen molar-refractivity contribution in [3.63, 3.8) is 0 Å². The van der Waals surface area contributed by atoms with Gasteiger partial charge in [0, 0.05) is 5.97 Å². The summed E-state index contributed by atoms with van der Waals surface area (Å²) < 4.78 is 0. The van der Waals surface area contributed by atoms with Gasteiger partial charge in [0.25, 0.3) is 0 Å². The quantitative estimate of drug-likeness (QED) is 0.410. The van der Waals surface area contributed by atoms with Crippen LogP contribution in [0, 0.1) is 0 Å². The maximum absolute atomic E-state index is 10.1. The molecule has 0 fully saturated rings. The van der Waals surface area contributed by atoms with E-state index < -0.39 is 5.97 Å². The van der Waals surface area contributed by atoms with Crippen molar-refractivity contribution in [1.29, 1.82) is 0 Å². The SMILES string of the molecule is CCCCCCCCCCCCCC(=O)[O-].[Sr+2]. The van der Waals surface area contributed by atoms with Gasteiger partial charge in [0.15, 0.2) is 0 Å². The molecule has 0 unspecified atom stereocenters. The van der Waals surface area contributed by atoms with Crippen molar-refractivity contribution in [3.8, 4) is 0 Å². The average Bonchev–Trinajstić information content (AvgIpc) is 2.25. The fourth-order valence-electron chi connectivity index (χ4n) is 1.93. The molecule has 2 nitrogen and oxygen atoms in total. The largest absolute Gasteiger partial charge is 2.00 e. The van der Waals surface area contributed by atoms with E-state index in [9.17, 15) is 9.90 Å². The van der Waals surface area contributed by atoms with Gasteiger partial charge in [-0.15, -0.1) is 0 Å². The van der Waals surface area contributed by atoms with Crippen molar-refractivity contribution >= 4 is 51.5 Å². The Kier molecular flexibility index (Phi) is 20.2. The zero-order chi connectivity index (χ0) is 12.1. The van der Waals surface area contributed by atoms with Crippen molar-refractivity contribution in [1.82, 2.24) is 0 Å². The Morgan fingerprint density at radius 1 is 0.765 bits per heavy atom. The number of carbonyl (C=O) groups excluding carboxylic acids is 1. The van der Waals surface area contributed by atoms with E-state index in [2.05, 4.69) is 6.92 Å². The molecule has 96 valence electrons. The molecule has 0 atom stereocenters. The van der Waals surface area contributed by atoms with E-state index >= 15 is 0 Å². The molecule has 0 saturated heterocycles. The minimum atomic E-state index is -0.907. The first-order valence-corrected chi connectivity index (χ1v) is 6.97. The van der Waals surface area contributed by atoms with Gasteiger partial charge in [-0.25, -0.2) is 0 Å². The smallest absolute Gasteiger partial charge is 0.550 e. The summed E-state index contributed by atoms with van der Waals surface area (Å²) in [5.74, 6) is -0.907. The second-order valence-corrected chi connectivity index (χ2v) is 4.66. The molecule has 0 radical (unpaired) electrons. The van der Waals surface area contributed by atoms with Gasteiger partial charge in [0.2, 0.25) is 0 Å². The number of hydrogen-bond acceptors (Lipinski definition) is 2. The molecule has 0 rings (SSSR count). The fraction of sp³-hybridized carbons (Fsp3) is 0.929. The number of unbranched alkanes of at least 4 members (excludes halogenated alkanes) is 10. The standard InChI is InChI=1S/C14H28O2.Sr/c1-2-3-4-5-6-7-8-9-10-11-12-13-14(15)16;/h2-13H2,1H3,(H,15,16);/q;+2/p-1. The number of aliphatic carboxylic acids is 1. The predicted molar refractivity (Wildman–Crippen MR) is 71.8 cm³/mol. The van der Waals surface area contributed by atoms with Crippen molar-refractivity contribution < 1.29 is 9.90 Å². The maximum Gasteiger partial charge on any atom is 2.00 e. The van der Waals surface area contributed by atoms with Gasteiger partial charge in [0.05, 0.1) is 0 Å². The van der Waals surface area contributed by atoms with Crippen LogP contribution in [0.3, 0.4) is 0 Å². The van der Waals surface area contributed by atoms with Crippen LogP contribution in [0.1, 0.15) is 84.0 Å². The summed E-state index contributed by atoms with van der Waals surface area (Å²) in [6.45, 7) is 2.24. The third kappa shape index (κ3) is 19.5. The van der Waals surface area contributed by atoms with Crippen LogP contribution in [0.15, 0.2) is 0 Å². The average molecular weight is 315 g/mol. The second kappa shape index (κ2) is 17.0. The molecule has 0 spiro atoms. The molecule has 17 heavy (non-hydrogen) atoms. The van der Waals surface area contributed by atoms with E-state index in [4.69, 9.17) is 0 Å². The molecular weight excluding hydrogens is 288 g/mol. The molecule has 0 heterocycles. The molecule has 0 saturated carbocycles.